The van der Waals surface area contributed by atoms with Crippen molar-refractivity contribution < 1.29 is 4.42 Å². The molecule has 0 saturated heterocycles. The average molecular weight is 677 g/mol. The standard InChI is InChI=1S/C26H20O.C23H22.C2H6/c1-17-7-3-4-8-21(17)23-15-19(12-11-18(23)2)20-13-14-26-24(16-20)22-9-5-6-10-25(22)27-26;1-14-8-10-18-19-11-9-16-13-15-6-4-5-7-17(15)21(16)22(19)23(2,3)20(18)12-14;1-2/h3-16H,1-2H3;5,7-12H,4,6,13H2,1-3H3;1-2H3. The monoisotopic (exact) mass is 676 g/mol. The van der Waals surface area contributed by atoms with Crippen LogP contribution in [0.5, 0.6) is 0 Å². The van der Waals surface area contributed by atoms with E-state index in [0.717, 1.165) is 17.6 Å². The lowest BCUT2D eigenvalue weighted by atomic mass is 9.78. The highest BCUT2D eigenvalue weighted by Gasteiger charge is 2.40. The maximum absolute atomic E-state index is 5.97. The van der Waals surface area contributed by atoms with E-state index in [4.69, 9.17) is 4.42 Å². The van der Waals surface area contributed by atoms with Crippen molar-refractivity contribution in [1.29, 1.82) is 0 Å². The third-order valence-electron chi connectivity index (χ3n) is 11.4. The van der Waals surface area contributed by atoms with Crippen LogP contribution in [0.4, 0.5) is 0 Å². The molecule has 3 aliphatic carbocycles. The number of allylic oxidation sites excluding steroid dienone is 4. The first-order chi connectivity index (χ1) is 25.3. The van der Waals surface area contributed by atoms with Crippen molar-refractivity contribution >= 4 is 27.5 Å². The van der Waals surface area contributed by atoms with Crippen LogP contribution >= 0.6 is 0 Å². The zero-order chi connectivity index (χ0) is 36.1. The Labute approximate surface area is 309 Å². The van der Waals surface area contributed by atoms with Crippen molar-refractivity contribution in [1.82, 2.24) is 0 Å². The molecule has 0 aliphatic heterocycles. The smallest absolute Gasteiger partial charge is 0.135 e. The zero-order valence-corrected chi connectivity index (χ0v) is 31.7. The fourth-order valence-corrected chi connectivity index (χ4v) is 8.78. The Morgan fingerprint density at radius 3 is 2.15 bits per heavy atom. The lowest BCUT2D eigenvalue weighted by Crippen LogP contribution is -2.17. The van der Waals surface area contributed by atoms with E-state index in [1.54, 1.807) is 16.7 Å². The highest BCUT2D eigenvalue weighted by Crippen LogP contribution is 2.54. The van der Waals surface area contributed by atoms with Crippen LogP contribution in [-0.4, -0.2) is 0 Å². The summed E-state index contributed by atoms with van der Waals surface area (Å²) in [7, 11) is 0. The highest BCUT2D eigenvalue weighted by atomic mass is 16.3. The number of furan rings is 1. The van der Waals surface area contributed by atoms with E-state index in [-0.39, 0.29) is 5.41 Å². The van der Waals surface area contributed by atoms with Gasteiger partial charge in [0.1, 0.15) is 11.2 Å². The molecule has 1 nitrogen and oxygen atoms in total. The van der Waals surface area contributed by atoms with Crippen molar-refractivity contribution in [2.75, 3.05) is 0 Å². The number of para-hydroxylation sites is 1. The van der Waals surface area contributed by atoms with Gasteiger partial charge in [-0.2, -0.15) is 0 Å². The first kappa shape index (κ1) is 33.7. The molecule has 0 atom stereocenters. The summed E-state index contributed by atoms with van der Waals surface area (Å²) in [5, 5.41) is 2.33. The van der Waals surface area contributed by atoms with E-state index in [2.05, 4.69) is 150 Å². The van der Waals surface area contributed by atoms with Gasteiger partial charge in [-0.3, -0.25) is 0 Å². The zero-order valence-electron chi connectivity index (χ0n) is 31.7. The largest absolute Gasteiger partial charge is 0.456 e. The van der Waals surface area contributed by atoms with Gasteiger partial charge in [0.25, 0.3) is 0 Å². The second-order valence-corrected chi connectivity index (χ2v) is 15.0. The summed E-state index contributed by atoms with van der Waals surface area (Å²) in [6.07, 6.45) is 8.34. The van der Waals surface area contributed by atoms with Crippen molar-refractivity contribution in [2.45, 2.75) is 73.1 Å². The predicted octanol–water partition coefficient (Wildman–Crippen LogP) is 14.5. The van der Waals surface area contributed by atoms with Gasteiger partial charge in [-0.1, -0.05) is 142 Å². The Hall–Kier alpha value is -5.40. The molecule has 0 amide bonds. The van der Waals surface area contributed by atoms with Crippen LogP contribution in [0.15, 0.2) is 137 Å². The Balaban J connectivity index is 0.000000144. The Bertz CT molecular complexity index is 2570. The molecule has 6 aromatic carbocycles. The molecule has 1 heterocycles. The van der Waals surface area contributed by atoms with Gasteiger partial charge < -0.3 is 4.42 Å². The molecule has 3 aliphatic rings. The molecule has 0 radical (unpaired) electrons. The minimum Gasteiger partial charge on any atom is -0.456 e. The van der Waals surface area contributed by atoms with Gasteiger partial charge in [-0.25, -0.2) is 0 Å². The van der Waals surface area contributed by atoms with Gasteiger partial charge in [0, 0.05) is 16.2 Å². The fourth-order valence-electron chi connectivity index (χ4n) is 8.78. The molecule has 0 saturated carbocycles. The minimum absolute atomic E-state index is 0.0930. The van der Waals surface area contributed by atoms with E-state index in [9.17, 15) is 0 Å². The van der Waals surface area contributed by atoms with Gasteiger partial charge in [0.05, 0.1) is 0 Å². The molecule has 1 aromatic heterocycles. The van der Waals surface area contributed by atoms with E-state index >= 15 is 0 Å². The first-order valence-corrected chi connectivity index (χ1v) is 19.0. The minimum atomic E-state index is 0.0930. The lowest BCUT2D eigenvalue weighted by Gasteiger charge is -2.25. The van der Waals surface area contributed by atoms with Crippen LogP contribution in [0.3, 0.4) is 0 Å². The molecule has 7 aromatic rings. The number of hydrogen-bond donors (Lipinski definition) is 0. The van der Waals surface area contributed by atoms with Gasteiger partial charge in [0.2, 0.25) is 0 Å². The van der Waals surface area contributed by atoms with Crippen LogP contribution < -0.4 is 0 Å². The molecule has 0 bridgehead atoms. The number of fused-ring (bicyclic) bond motifs is 9. The Morgan fingerprint density at radius 2 is 1.31 bits per heavy atom. The van der Waals surface area contributed by atoms with Gasteiger partial charge >= 0.3 is 0 Å². The molecule has 1 heteroatoms. The molecule has 10 rings (SSSR count). The highest BCUT2D eigenvalue weighted by molar-refractivity contribution is 6.06. The fraction of sp³-hybridized carbons (Fsp3) is 0.216. The summed E-state index contributed by atoms with van der Waals surface area (Å²) in [5.41, 5.74) is 23.2. The maximum atomic E-state index is 5.97. The summed E-state index contributed by atoms with van der Waals surface area (Å²) < 4.78 is 5.97. The van der Waals surface area contributed by atoms with Crippen LogP contribution in [0.1, 0.15) is 79.5 Å². The van der Waals surface area contributed by atoms with E-state index in [1.165, 1.54) is 90.4 Å². The second-order valence-electron chi connectivity index (χ2n) is 15.0. The number of benzene rings is 6. The van der Waals surface area contributed by atoms with Gasteiger partial charge in [-0.15, -0.1) is 0 Å². The number of rotatable bonds is 2. The van der Waals surface area contributed by atoms with Crippen LogP contribution in [-0.2, 0) is 11.8 Å². The summed E-state index contributed by atoms with van der Waals surface area (Å²) in [6, 6.07) is 41.7. The number of aryl methyl sites for hydroxylation is 3. The van der Waals surface area contributed by atoms with Crippen LogP contribution in [0.2, 0.25) is 0 Å². The molecule has 52 heavy (non-hydrogen) atoms. The lowest BCUT2D eigenvalue weighted by molar-refractivity contribution is 0.657. The molecule has 0 N–H and O–H groups in total. The summed E-state index contributed by atoms with van der Waals surface area (Å²) in [4.78, 5) is 0. The third-order valence-corrected chi connectivity index (χ3v) is 11.4. The van der Waals surface area contributed by atoms with Crippen LogP contribution in [0, 0.1) is 20.8 Å². The van der Waals surface area contributed by atoms with E-state index < -0.39 is 0 Å². The molecule has 0 fully saturated rings. The van der Waals surface area contributed by atoms with Gasteiger partial charge in [-0.05, 0) is 137 Å². The van der Waals surface area contributed by atoms with Crippen molar-refractivity contribution in [2.24, 2.45) is 0 Å². The topological polar surface area (TPSA) is 13.1 Å². The SMILES string of the molecule is CC.Cc1ccc2c(c1)C(C)(C)c1c-2ccc2c1C1=C(CCC=C1)C2.Cc1ccccc1-c1cc(-c2ccc3oc4ccccc4c3c2)ccc1C. The first-order valence-electron chi connectivity index (χ1n) is 19.0. The molecule has 0 spiro atoms. The molecular formula is C51H48O. The van der Waals surface area contributed by atoms with Crippen molar-refractivity contribution in [3.63, 3.8) is 0 Å². The third kappa shape index (κ3) is 5.55. The average Bonchev–Trinajstić information content (AvgIpc) is 3.80. The Kier molecular flexibility index (Phi) is 8.62. The Morgan fingerprint density at radius 1 is 0.596 bits per heavy atom. The van der Waals surface area contributed by atoms with Crippen LogP contribution in [0.25, 0.3) is 60.9 Å². The molecule has 258 valence electrons. The van der Waals surface area contributed by atoms with E-state index in [1.807, 2.05) is 26.0 Å². The number of hydrogen-bond acceptors (Lipinski definition) is 1. The van der Waals surface area contributed by atoms with Crippen molar-refractivity contribution in [3.8, 4) is 33.4 Å². The summed E-state index contributed by atoms with van der Waals surface area (Å²) in [5.74, 6) is 0. The normalized spacial score (nSPS) is 14.6. The predicted molar refractivity (Wildman–Crippen MR) is 223 cm³/mol. The van der Waals surface area contributed by atoms with E-state index in [0.29, 0.717) is 0 Å². The summed E-state index contributed by atoms with van der Waals surface area (Å²) >= 11 is 0. The second kappa shape index (κ2) is 13.3. The summed E-state index contributed by atoms with van der Waals surface area (Å²) in [6.45, 7) is 15.4. The quantitative estimate of drug-likeness (QED) is 0.178. The van der Waals surface area contributed by atoms with Gasteiger partial charge in [0.15, 0.2) is 0 Å². The maximum Gasteiger partial charge on any atom is 0.135 e. The molecule has 0 unspecified atom stereocenters. The molecular weight excluding hydrogens is 629 g/mol. The van der Waals surface area contributed by atoms with Crippen molar-refractivity contribution in [3.05, 3.63) is 172 Å².